The maximum Gasteiger partial charge on any atom is 0.147 e. The summed E-state index contributed by atoms with van der Waals surface area (Å²) in [6.45, 7) is 5.75. The molecular weight excluding hydrogens is 344 g/mol. The Hall–Kier alpha value is -0.630. The van der Waals surface area contributed by atoms with E-state index in [4.69, 9.17) is 5.73 Å². The Morgan fingerprint density at radius 1 is 0.923 bits per heavy atom. The van der Waals surface area contributed by atoms with Crippen LogP contribution in [0.4, 0.5) is 0 Å². The first kappa shape index (κ1) is 17.5. The summed E-state index contributed by atoms with van der Waals surface area (Å²) < 4.78 is 2.49. The van der Waals surface area contributed by atoms with Crippen LogP contribution in [0.1, 0.15) is 62.1 Å². The van der Waals surface area contributed by atoms with E-state index in [1.807, 2.05) is 0 Å². The Balaban J connectivity index is 1.20. The van der Waals surface area contributed by atoms with Crippen molar-refractivity contribution < 1.29 is 0 Å². The minimum absolute atomic E-state index is 0.374. The molecule has 1 aromatic rings. The standard InChI is InChI=1S/C19H32N6S/c20-15-11-14(12-15)19-22-21-18(25(19)17-1-2-17)13-23-5-7-24(8-6-23)16-3-9-26-10-4-16/h14-17H,1-13,20H2. The number of hydrogen-bond donors (Lipinski definition) is 1. The van der Waals surface area contributed by atoms with Crippen LogP contribution in [0.2, 0.25) is 0 Å². The Morgan fingerprint density at radius 2 is 1.65 bits per heavy atom. The molecule has 0 atom stereocenters. The summed E-state index contributed by atoms with van der Waals surface area (Å²) >= 11 is 2.12. The number of aromatic nitrogens is 3. The maximum absolute atomic E-state index is 6.01. The normalized spacial score (nSPS) is 31.9. The fourth-order valence-electron chi connectivity index (χ4n) is 4.86. The second kappa shape index (κ2) is 7.41. The molecule has 3 heterocycles. The Kier molecular flexibility index (Phi) is 4.98. The lowest BCUT2D eigenvalue weighted by Crippen LogP contribution is -2.51. The van der Waals surface area contributed by atoms with Crippen LogP contribution in [0.5, 0.6) is 0 Å². The van der Waals surface area contributed by atoms with Gasteiger partial charge in [-0.3, -0.25) is 9.80 Å². The highest BCUT2D eigenvalue weighted by Gasteiger charge is 2.37. The zero-order valence-electron chi connectivity index (χ0n) is 15.7. The monoisotopic (exact) mass is 376 g/mol. The van der Waals surface area contributed by atoms with Crippen molar-refractivity contribution in [2.75, 3.05) is 37.7 Å². The minimum Gasteiger partial charge on any atom is -0.328 e. The van der Waals surface area contributed by atoms with Gasteiger partial charge in [-0.25, -0.2) is 0 Å². The number of nitrogens with two attached hydrogens (primary N) is 1. The van der Waals surface area contributed by atoms with E-state index in [0.717, 1.165) is 25.4 Å². The van der Waals surface area contributed by atoms with Crippen molar-refractivity contribution in [1.82, 2.24) is 24.6 Å². The van der Waals surface area contributed by atoms with Gasteiger partial charge in [-0.15, -0.1) is 10.2 Å². The van der Waals surface area contributed by atoms with E-state index in [1.165, 1.54) is 75.0 Å². The van der Waals surface area contributed by atoms with Gasteiger partial charge < -0.3 is 10.3 Å². The van der Waals surface area contributed by atoms with Gasteiger partial charge >= 0.3 is 0 Å². The van der Waals surface area contributed by atoms with Crippen LogP contribution in [0.3, 0.4) is 0 Å². The second-order valence-corrected chi connectivity index (χ2v) is 9.88. The van der Waals surface area contributed by atoms with Crippen LogP contribution in [-0.4, -0.2) is 74.3 Å². The summed E-state index contributed by atoms with van der Waals surface area (Å²) in [6.07, 6.45) is 7.53. The highest BCUT2D eigenvalue weighted by Crippen LogP contribution is 2.42. The number of hydrogen-bond acceptors (Lipinski definition) is 6. The van der Waals surface area contributed by atoms with Gasteiger partial charge in [0.2, 0.25) is 0 Å². The van der Waals surface area contributed by atoms with E-state index in [9.17, 15) is 0 Å². The van der Waals surface area contributed by atoms with Crippen LogP contribution < -0.4 is 5.73 Å². The highest BCUT2D eigenvalue weighted by molar-refractivity contribution is 7.99. The van der Waals surface area contributed by atoms with Crippen LogP contribution in [-0.2, 0) is 6.54 Å². The molecule has 7 heteroatoms. The van der Waals surface area contributed by atoms with E-state index >= 15 is 0 Å². The quantitative estimate of drug-likeness (QED) is 0.846. The predicted molar refractivity (Wildman–Crippen MR) is 105 cm³/mol. The van der Waals surface area contributed by atoms with E-state index < -0.39 is 0 Å². The number of nitrogens with zero attached hydrogens (tertiary/aromatic N) is 5. The zero-order chi connectivity index (χ0) is 17.5. The first-order valence-corrected chi connectivity index (χ1v) is 11.7. The molecule has 0 bridgehead atoms. The van der Waals surface area contributed by atoms with Crippen molar-refractivity contribution in [3.63, 3.8) is 0 Å². The molecule has 0 aromatic carbocycles. The van der Waals surface area contributed by atoms with E-state index in [0.29, 0.717) is 18.0 Å². The topological polar surface area (TPSA) is 63.2 Å². The lowest BCUT2D eigenvalue weighted by Gasteiger charge is -2.40. The summed E-state index contributed by atoms with van der Waals surface area (Å²) in [5.74, 6) is 5.67. The fourth-order valence-corrected chi connectivity index (χ4v) is 5.95. The van der Waals surface area contributed by atoms with Gasteiger partial charge in [0.05, 0.1) is 6.54 Å². The van der Waals surface area contributed by atoms with Gasteiger partial charge in [-0.1, -0.05) is 0 Å². The smallest absolute Gasteiger partial charge is 0.147 e. The SMILES string of the molecule is NC1CC(c2nnc(CN3CCN(C4CCSCC4)CC3)n2C2CC2)C1. The Bertz CT molecular complexity index is 610. The molecule has 2 N–H and O–H groups in total. The zero-order valence-corrected chi connectivity index (χ0v) is 16.5. The first-order valence-electron chi connectivity index (χ1n) is 10.5. The molecule has 0 spiro atoms. The van der Waals surface area contributed by atoms with E-state index in [-0.39, 0.29) is 0 Å². The van der Waals surface area contributed by atoms with Crippen molar-refractivity contribution in [2.24, 2.45) is 5.73 Å². The van der Waals surface area contributed by atoms with Gasteiger partial charge in [0.1, 0.15) is 11.6 Å². The molecule has 2 saturated carbocycles. The first-order chi connectivity index (χ1) is 12.8. The molecular formula is C19H32N6S. The van der Waals surface area contributed by atoms with Crippen LogP contribution >= 0.6 is 11.8 Å². The summed E-state index contributed by atoms with van der Waals surface area (Å²) in [4.78, 5) is 5.33. The van der Waals surface area contributed by atoms with Crippen molar-refractivity contribution in [3.05, 3.63) is 11.6 Å². The minimum atomic E-state index is 0.374. The third-order valence-corrected chi connectivity index (χ3v) is 7.77. The molecule has 2 saturated heterocycles. The van der Waals surface area contributed by atoms with Gasteiger partial charge in [0.15, 0.2) is 0 Å². The van der Waals surface area contributed by atoms with Crippen LogP contribution in [0, 0.1) is 0 Å². The Labute approximate surface area is 160 Å². The second-order valence-electron chi connectivity index (χ2n) is 8.66. The van der Waals surface area contributed by atoms with Crippen molar-refractivity contribution in [1.29, 1.82) is 0 Å². The van der Waals surface area contributed by atoms with Gasteiger partial charge in [-0.2, -0.15) is 11.8 Å². The van der Waals surface area contributed by atoms with Gasteiger partial charge in [0, 0.05) is 50.2 Å². The molecule has 2 aliphatic heterocycles. The molecule has 1 aromatic heterocycles. The van der Waals surface area contributed by atoms with Gasteiger partial charge in [-0.05, 0) is 50.0 Å². The molecule has 4 fully saturated rings. The lowest BCUT2D eigenvalue weighted by molar-refractivity contribution is 0.0857. The molecule has 26 heavy (non-hydrogen) atoms. The molecule has 0 amide bonds. The predicted octanol–water partition coefficient (Wildman–Crippen LogP) is 1.83. The molecule has 2 aliphatic carbocycles. The third kappa shape index (κ3) is 3.55. The fraction of sp³-hybridized carbons (Fsp3) is 0.895. The number of piperazine rings is 1. The molecule has 6 nitrogen and oxygen atoms in total. The summed E-state index contributed by atoms with van der Waals surface area (Å²) in [6, 6.07) is 1.87. The van der Waals surface area contributed by atoms with E-state index in [1.54, 1.807) is 0 Å². The average Bonchev–Trinajstić information content (AvgIpc) is 3.41. The Morgan fingerprint density at radius 3 is 2.31 bits per heavy atom. The molecule has 0 unspecified atom stereocenters. The van der Waals surface area contributed by atoms with Crippen molar-refractivity contribution >= 4 is 11.8 Å². The summed E-state index contributed by atoms with van der Waals surface area (Å²) in [5.41, 5.74) is 6.01. The van der Waals surface area contributed by atoms with Crippen molar-refractivity contribution in [2.45, 2.75) is 69.1 Å². The van der Waals surface area contributed by atoms with E-state index in [2.05, 4.69) is 36.3 Å². The average molecular weight is 377 g/mol. The van der Waals surface area contributed by atoms with Gasteiger partial charge in [0.25, 0.3) is 0 Å². The summed E-state index contributed by atoms with van der Waals surface area (Å²) in [5, 5.41) is 9.23. The van der Waals surface area contributed by atoms with Crippen LogP contribution in [0.25, 0.3) is 0 Å². The molecule has 4 aliphatic rings. The molecule has 144 valence electrons. The lowest BCUT2D eigenvalue weighted by atomic mass is 9.80. The molecule has 0 radical (unpaired) electrons. The highest BCUT2D eigenvalue weighted by atomic mass is 32.2. The summed E-state index contributed by atoms with van der Waals surface area (Å²) in [7, 11) is 0. The van der Waals surface area contributed by atoms with Crippen molar-refractivity contribution in [3.8, 4) is 0 Å². The molecule has 5 rings (SSSR count). The third-order valence-electron chi connectivity index (χ3n) is 6.72. The van der Waals surface area contributed by atoms with Crippen LogP contribution in [0.15, 0.2) is 0 Å². The maximum atomic E-state index is 6.01. The number of rotatable bonds is 5. The number of thioether (sulfide) groups is 1. The largest absolute Gasteiger partial charge is 0.328 e.